The van der Waals surface area contributed by atoms with E-state index in [9.17, 15) is 0 Å². The number of nitrogens with zero attached hydrogens (tertiary/aromatic N) is 1. The fraction of sp³-hybridized carbons (Fsp3) is 0.417. The fourth-order valence-corrected chi connectivity index (χ4v) is 2.42. The second kappa shape index (κ2) is 4.71. The summed E-state index contributed by atoms with van der Waals surface area (Å²) in [6.45, 7) is 5.26. The highest BCUT2D eigenvalue weighted by molar-refractivity contribution is 8.15. The van der Waals surface area contributed by atoms with Gasteiger partial charge in [0.25, 0.3) is 0 Å². The number of hydrogen-bond acceptors (Lipinski definition) is 3. The first-order valence-corrected chi connectivity index (χ1v) is 6.20. The van der Waals surface area contributed by atoms with Gasteiger partial charge in [-0.1, -0.05) is 36.4 Å². The first kappa shape index (κ1) is 10.6. The molecule has 1 N–H and O–H groups in total. The average molecular weight is 220 g/mol. The molecule has 0 bridgehead atoms. The number of rotatable bonds is 2. The quantitative estimate of drug-likeness (QED) is 0.827. The van der Waals surface area contributed by atoms with Gasteiger partial charge in [0.15, 0.2) is 5.17 Å². The van der Waals surface area contributed by atoms with Crippen LogP contribution in [0, 0.1) is 6.92 Å². The smallest absolute Gasteiger partial charge is 0.161 e. The zero-order valence-corrected chi connectivity index (χ0v) is 9.97. The Labute approximate surface area is 95.2 Å². The first-order chi connectivity index (χ1) is 7.28. The molecule has 3 heteroatoms. The van der Waals surface area contributed by atoms with E-state index >= 15 is 0 Å². The van der Waals surface area contributed by atoms with Crippen molar-refractivity contribution in [3.05, 3.63) is 29.8 Å². The zero-order valence-electron chi connectivity index (χ0n) is 9.16. The maximum absolute atomic E-state index is 4.47. The molecular weight excluding hydrogens is 204 g/mol. The predicted octanol–water partition coefficient (Wildman–Crippen LogP) is 3.29. The maximum Gasteiger partial charge on any atom is 0.161 e. The molecule has 0 aliphatic carbocycles. The van der Waals surface area contributed by atoms with E-state index in [1.165, 1.54) is 12.0 Å². The predicted molar refractivity (Wildman–Crippen MR) is 68.8 cm³/mol. The van der Waals surface area contributed by atoms with Crippen LogP contribution in [0.1, 0.15) is 18.9 Å². The van der Waals surface area contributed by atoms with Crippen molar-refractivity contribution in [2.75, 3.05) is 11.9 Å². The largest absolute Gasteiger partial charge is 0.335 e. The third-order valence-electron chi connectivity index (χ3n) is 2.48. The van der Waals surface area contributed by atoms with Crippen molar-refractivity contribution in [3.63, 3.8) is 0 Å². The Morgan fingerprint density at radius 3 is 2.73 bits per heavy atom. The van der Waals surface area contributed by atoms with Crippen LogP contribution in [0.5, 0.6) is 0 Å². The van der Waals surface area contributed by atoms with Gasteiger partial charge in [0, 0.05) is 10.9 Å². The zero-order chi connectivity index (χ0) is 10.7. The molecule has 1 heterocycles. The molecule has 0 amide bonds. The summed E-state index contributed by atoms with van der Waals surface area (Å²) in [5.74, 6) is 0. The van der Waals surface area contributed by atoms with E-state index in [4.69, 9.17) is 0 Å². The lowest BCUT2D eigenvalue weighted by Crippen LogP contribution is -2.06. The van der Waals surface area contributed by atoms with Gasteiger partial charge in [-0.2, -0.15) is 0 Å². The molecule has 2 nitrogen and oxygen atoms in total. The minimum atomic E-state index is 0.665. The van der Waals surface area contributed by atoms with E-state index in [0.29, 0.717) is 5.25 Å². The van der Waals surface area contributed by atoms with Crippen molar-refractivity contribution in [2.24, 2.45) is 4.99 Å². The van der Waals surface area contributed by atoms with E-state index in [1.54, 1.807) is 0 Å². The molecule has 0 spiro atoms. The Bertz CT molecular complexity index is 356. The van der Waals surface area contributed by atoms with Crippen molar-refractivity contribution >= 4 is 22.6 Å². The highest BCUT2D eigenvalue weighted by Crippen LogP contribution is 2.24. The van der Waals surface area contributed by atoms with E-state index in [2.05, 4.69) is 48.4 Å². The molecule has 1 unspecified atom stereocenters. The van der Waals surface area contributed by atoms with Gasteiger partial charge in [-0.05, 0) is 25.5 Å². The van der Waals surface area contributed by atoms with Crippen molar-refractivity contribution in [1.82, 2.24) is 0 Å². The fourth-order valence-electron chi connectivity index (χ4n) is 1.46. The van der Waals surface area contributed by atoms with Crippen LogP contribution < -0.4 is 5.32 Å². The van der Waals surface area contributed by atoms with Crippen molar-refractivity contribution < 1.29 is 0 Å². The van der Waals surface area contributed by atoms with Crippen LogP contribution in [0.3, 0.4) is 0 Å². The van der Waals surface area contributed by atoms with Crippen LogP contribution in [0.4, 0.5) is 5.69 Å². The average Bonchev–Trinajstić information content (AvgIpc) is 2.69. The molecule has 1 aliphatic heterocycles. The number of amidine groups is 1. The molecule has 0 fully saturated rings. The normalized spacial score (nSPS) is 20.1. The molecule has 80 valence electrons. The third kappa shape index (κ3) is 2.75. The van der Waals surface area contributed by atoms with Crippen LogP contribution in [0.2, 0.25) is 0 Å². The minimum absolute atomic E-state index is 0.665. The first-order valence-electron chi connectivity index (χ1n) is 5.32. The topological polar surface area (TPSA) is 24.4 Å². The van der Waals surface area contributed by atoms with Gasteiger partial charge in [0.1, 0.15) is 0 Å². The van der Waals surface area contributed by atoms with Gasteiger partial charge >= 0.3 is 0 Å². The summed E-state index contributed by atoms with van der Waals surface area (Å²) in [4.78, 5) is 4.47. The molecule has 0 saturated heterocycles. The van der Waals surface area contributed by atoms with Gasteiger partial charge in [0.05, 0.1) is 6.54 Å². The van der Waals surface area contributed by atoms with Crippen molar-refractivity contribution in [1.29, 1.82) is 0 Å². The molecule has 0 saturated carbocycles. The molecule has 1 aromatic rings. The summed E-state index contributed by atoms with van der Waals surface area (Å²) in [6.07, 6.45) is 1.19. The Morgan fingerprint density at radius 1 is 1.40 bits per heavy atom. The lowest BCUT2D eigenvalue weighted by Gasteiger charge is -2.06. The van der Waals surface area contributed by atoms with E-state index in [1.807, 2.05) is 11.8 Å². The van der Waals surface area contributed by atoms with Crippen LogP contribution in [-0.4, -0.2) is 17.0 Å². The van der Waals surface area contributed by atoms with Crippen LogP contribution in [0.15, 0.2) is 29.3 Å². The number of thioether (sulfide) groups is 1. The number of hydrogen-bond donors (Lipinski definition) is 1. The van der Waals surface area contributed by atoms with Gasteiger partial charge < -0.3 is 5.32 Å². The van der Waals surface area contributed by atoms with Gasteiger partial charge in [-0.3, -0.25) is 4.99 Å². The van der Waals surface area contributed by atoms with Crippen LogP contribution in [-0.2, 0) is 0 Å². The molecule has 0 aromatic heterocycles. The van der Waals surface area contributed by atoms with Crippen LogP contribution >= 0.6 is 11.8 Å². The Morgan fingerprint density at radius 2 is 2.13 bits per heavy atom. The third-order valence-corrected chi connectivity index (χ3v) is 3.75. The molecule has 1 atom stereocenters. The summed E-state index contributed by atoms with van der Waals surface area (Å²) >= 11 is 1.85. The highest BCUT2D eigenvalue weighted by atomic mass is 32.2. The van der Waals surface area contributed by atoms with E-state index < -0.39 is 0 Å². The minimum Gasteiger partial charge on any atom is -0.335 e. The Kier molecular flexibility index (Phi) is 3.31. The molecule has 15 heavy (non-hydrogen) atoms. The molecule has 2 rings (SSSR count). The summed E-state index contributed by atoms with van der Waals surface area (Å²) in [5.41, 5.74) is 2.41. The second-order valence-electron chi connectivity index (χ2n) is 3.78. The lowest BCUT2D eigenvalue weighted by atomic mass is 10.2. The summed E-state index contributed by atoms with van der Waals surface area (Å²) in [5, 5.41) is 5.07. The lowest BCUT2D eigenvalue weighted by molar-refractivity contribution is 0.843. The maximum atomic E-state index is 4.47. The Hall–Kier alpha value is -0.960. The van der Waals surface area contributed by atoms with Crippen molar-refractivity contribution in [2.45, 2.75) is 25.5 Å². The standard InChI is InChI=1S/C12H16N2S/c1-3-11-8-13-12(15-11)14-10-6-4-9(2)5-7-10/h4-7,11H,3,8H2,1-2H3,(H,13,14). The Balaban J connectivity index is 1.95. The second-order valence-corrected chi connectivity index (χ2v) is 5.07. The van der Waals surface area contributed by atoms with Crippen molar-refractivity contribution in [3.8, 4) is 0 Å². The number of aliphatic imine (C=N–C) groups is 1. The molecule has 1 aromatic carbocycles. The van der Waals surface area contributed by atoms with Gasteiger partial charge in [0.2, 0.25) is 0 Å². The van der Waals surface area contributed by atoms with Crippen LogP contribution in [0.25, 0.3) is 0 Å². The summed E-state index contributed by atoms with van der Waals surface area (Å²) < 4.78 is 0. The summed E-state index contributed by atoms with van der Waals surface area (Å²) in [7, 11) is 0. The number of nitrogens with one attached hydrogen (secondary N) is 1. The molecular formula is C12H16N2S. The monoisotopic (exact) mass is 220 g/mol. The SMILES string of the molecule is CCC1CN=C(Nc2ccc(C)cc2)S1. The number of anilines is 1. The number of benzene rings is 1. The summed E-state index contributed by atoms with van der Waals surface area (Å²) in [6, 6.07) is 8.41. The highest BCUT2D eigenvalue weighted by Gasteiger charge is 2.17. The molecule has 1 aliphatic rings. The van der Waals surface area contributed by atoms with Gasteiger partial charge in [-0.25, -0.2) is 0 Å². The molecule has 0 radical (unpaired) electrons. The van der Waals surface area contributed by atoms with Gasteiger partial charge in [-0.15, -0.1) is 0 Å². The van der Waals surface area contributed by atoms with E-state index in [-0.39, 0.29) is 0 Å². The number of aryl methyl sites for hydroxylation is 1. The van der Waals surface area contributed by atoms with E-state index in [0.717, 1.165) is 17.4 Å².